The summed E-state index contributed by atoms with van der Waals surface area (Å²) >= 11 is 0. The second-order valence-corrected chi connectivity index (χ2v) is 8.47. The largest absolute Gasteiger partial charge is 0.452 e. The Hall–Kier alpha value is -3.62. The van der Waals surface area contributed by atoms with E-state index in [2.05, 4.69) is 0 Å². The molecule has 2 heterocycles. The molecule has 4 rings (SSSR count). The second kappa shape index (κ2) is 10.1. The highest BCUT2D eigenvalue weighted by atomic mass is 19.1. The van der Waals surface area contributed by atoms with Gasteiger partial charge in [-0.15, -0.1) is 0 Å². The molecule has 9 heteroatoms. The Morgan fingerprint density at radius 2 is 1.79 bits per heavy atom. The van der Waals surface area contributed by atoms with E-state index < -0.39 is 17.9 Å². The standard InChI is InChI=1S/C25H28FN3O5/c1-3-20-15-29(25(32)34-20)19-8-9-22(21(26)14-19)27-10-12-28(13-11-27)23(30)16-33-24(31)18-6-4-17(2)5-7-18/h4-9,14,20H,3,10-13,15-16H2,1-2H3/t20-/m0/s1. The van der Waals surface area contributed by atoms with Crippen LogP contribution < -0.4 is 9.80 Å². The summed E-state index contributed by atoms with van der Waals surface area (Å²) in [6.45, 7) is 5.59. The number of piperazine rings is 1. The third-order valence-corrected chi connectivity index (χ3v) is 6.16. The highest BCUT2D eigenvalue weighted by molar-refractivity contribution is 5.91. The van der Waals surface area contributed by atoms with Crippen molar-refractivity contribution in [3.63, 3.8) is 0 Å². The zero-order valence-electron chi connectivity index (χ0n) is 19.3. The molecule has 8 nitrogen and oxygen atoms in total. The molecule has 0 aliphatic carbocycles. The van der Waals surface area contributed by atoms with Crippen LogP contribution in [-0.2, 0) is 14.3 Å². The van der Waals surface area contributed by atoms with Crippen LogP contribution in [0.25, 0.3) is 0 Å². The molecular weight excluding hydrogens is 441 g/mol. The van der Waals surface area contributed by atoms with E-state index in [1.54, 1.807) is 29.2 Å². The van der Waals surface area contributed by atoms with Crippen LogP contribution >= 0.6 is 0 Å². The number of cyclic esters (lactones) is 1. The number of benzene rings is 2. The van der Waals surface area contributed by atoms with Crippen molar-refractivity contribution in [2.24, 2.45) is 0 Å². The second-order valence-electron chi connectivity index (χ2n) is 8.47. The first-order chi connectivity index (χ1) is 16.4. The van der Waals surface area contributed by atoms with Crippen molar-refractivity contribution < 1.29 is 28.2 Å². The fourth-order valence-corrected chi connectivity index (χ4v) is 4.05. The summed E-state index contributed by atoms with van der Waals surface area (Å²) in [5.74, 6) is -1.26. The third kappa shape index (κ3) is 5.13. The quantitative estimate of drug-likeness (QED) is 0.604. The first kappa shape index (κ1) is 23.5. The summed E-state index contributed by atoms with van der Waals surface area (Å²) in [6.07, 6.45) is 0.0583. The summed E-state index contributed by atoms with van der Waals surface area (Å²) < 4.78 is 25.3. The van der Waals surface area contributed by atoms with E-state index in [4.69, 9.17) is 9.47 Å². The highest BCUT2D eigenvalue weighted by Gasteiger charge is 2.32. The molecule has 1 atom stereocenters. The maximum absolute atomic E-state index is 14.9. The summed E-state index contributed by atoms with van der Waals surface area (Å²) in [5, 5.41) is 0. The molecule has 2 aromatic carbocycles. The van der Waals surface area contributed by atoms with E-state index in [-0.39, 0.29) is 18.6 Å². The molecule has 0 N–H and O–H groups in total. The molecular formula is C25H28FN3O5. The van der Waals surface area contributed by atoms with Gasteiger partial charge < -0.3 is 19.3 Å². The molecule has 34 heavy (non-hydrogen) atoms. The number of halogens is 1. The molecule has 0 unspecified atom stereocenters. The molecule has 0 saturated carbocycles. The van der Waals surface area contributed by atoms with Crippen molar-refractivity contribution in [3.8, 4) is 0 Å². The SMILES string of the molecule is CC[C@H]1CN(c2ccc(N3CCN(C(=O)COC(=O)c4ccc(C)cc4)CC3)c(F)c2)C(=O)O1. The Kier molecular flexibility index (Phi) is 7.00. The summed E-state index contributed by atoms with van der Waals surface area (Å²) in [5.41, 5.74) is 2.31. The van der Waals surface area contributed by atoms with E-state index in [0.29, 0.717) is 56.1 Å². The number of esters is 1. The minimum atomic E-state index is -0.540. The number of rotatable bonds is 6. The van der Waals surface area contributed by atoms with Crippen LogP contribution in [0.4, 0.5) is 20.6 Å². The average Bonchev–Trinajstić information content (AvgIpc) is 3.23. The first-order valence-electron chi connectivity index (χ1n) is 11.4. The Bertz CT molecular complexity index is 1070. The molecule has 180 valence electrons. The lowest BCUT2D eigenvalue weighted by molar-refractivity contribution is -0.134. The minimum Gasteiger partial charge on any atom is -0.452 e. The molecule has 0 bridgehead atoms. The van der Waals surface area contributed by atoms with Crippen LogP contribution in [0, 0.1) is 12.7 Å². The fraction of sp³-hybridized carbons (Fsp3) is 0.400. The van der Waals surface area contributed by atoms with E-state index in [1.165, 1.54) is 11.0 Å². The lowest BCUT2D eigenvalue weighted by Gasteiger charge is -2.36. The lowest BCUT2D eigenvalue weighted by atomic mass is 10.1. The summed E-state index contributed by atoms with van der Waals surface area (Å²) in [4.78, 5) is 41.5. The predicted molar refractivity (Wildman–Crippen MR) is 125 cm³/mol. The number of anilines is 2. The van der Waals surface area contributed by atoms with Crippen LogP contribution in [0.2, 0.25) is 0 Å². The van der Waals surface area contributed by atoms with Crippen molar-refractivity contribution in [3.05, 3.63) is 59.4 Å². The van der Waals surface area contributed by atoms with Gasteiger partial charge in [-0.3, -0.25) is 9.69 Å². The molecule has 2 fully saturated rings. The molecule has 2 saturated heterocycles. The van der Waals surface area contributed by atoms with Crippen molar-refractivity contribution >= 4 is 29.3 Å². The number of aryl methyl sites for hydroxylation is 1. The number of ether oxygens (including phenoxy) is 2. The van der Waals surface area contributed by atoms with Crippen molar-refractivity contribution in [1.29, 1.82) is 0 Å². The number of amides is 2. The monoisotopic (exact) mass is 469 g/mol. The molecule has 2 aromatic rings. The molecule has 0 radical (unpaired) electrons. The van der Waals surface area contributed by atoms with Gasteiger partial charge in [0.25, 0.3) is 5.91 Å². The molecule has 2 aliphatic heterocycles. The number of hydrogen-bond donors (Lipinski definition) is 0. The van der Waals surface area contributed by atoms with Gasteiger partial charge in [0.15, 0.2) is 6.61 Å². The maximum atomic E-state index is 14.9. The Morgan fingerprint density at radius 1 is 1.09 bits per heavy atom. The van der Waals surface area contributed by atoms with Gasteiger partial charge in [-0.2, -0.15) is 0 Å². The number of carbonyl (C=O) groups is 3. The lowest BCUT2D eigenvalue weighted by Crippen LogP contribution is -2.50. The number of nitrogens with zero attached hydrogens (tertiary/aromatic N) is 3. The van der Waals surface area contributed by atoms with Crippen LogP contribution in [0.15, 0.2) is 42.5 Å². The first-order valence-corrected chi connectivity index (χ1v) is 11.4. The molecule has 2 aliphatic rings. The zero-order valence-corrected chi connectivity index (χ0v) is 19.3. The zero-order chi connectivity index (χ0) is 24.2. The summed E-state index contributed by atoms with van der Waals surface area (Å²) in [7, 11) is 0. The van der Waals surface area contributed by atoms with E-state index >= 15 is 0 Å². The van der Waals surface area contributed by atoms with Crippen LogP contribution in [0.1, 0.15) is 29.3 Å². The fourth-order valence-electron chi connectivity index (χ4n) is 4.05. The van der Waals surface area contributed by atoms with E-state index in [0.717, 1.165) is 5.56 Å². The average molecular weight is 470 g/mol. The topological polar surface area (TPSA) is 79.4 Å². The maximum Gasteiger partial charge on any atom is 0.414 e. The van der Waals surface area contributed by atoms with Gasteiger partial charge in [-0.05, 0) is 43.7 Å². The van der Waals surface area contributed by atoms with E-state index in [9.17, 15) is 18.8 Å². The predicted octanol–water partition coefficient (Wildman–Crippen LogP) is 3.37. The van der Waals surface area contributed by atoms with Crippen LogP contribution in [-0.4, -0.2) is 68.3 Å². The van der Waals surface area contributed by atoms with Gasteiger partial charge in [0.05, 0.1) is 23.5 Å². The summed E-state index contributed by atoms with van der Waals surface area (Å²) in [6, 6.07) is 11.6. The number of carbonyl (C=O) groups excluding carboxylic acids is 3. The Labute approximate surface area is 197 Å². The van der Waals surface area contributed by atoms with Gasteiger partial charge in [-0.25, -0.2) is 14.0 Å². The Morgan fingerprint density at radius 3 is 2.41 bits per heavy atom. The Balaban J connectivity index is 1.29. The van der Waals surface area contributed by atoms with Gasteiger partial charge in [0.2, 0.25) is 0 Å². The van der Waals surface area contributed by atoms with Gasteiger partial charge >= 0.3 is 12.1 Å². The number of hydrogen-bond acceptors (Lipinski definition) is 6. The van der Waals surface area contributed by atoms with Gasteiger partial charge in [0.1, 0.15) is 11.9 Å². The molecule has 2 amide bonds. The third-order valence-electron chi connectivity index (χ3n) is 6.16. The smallest absolute Gasteiger partial charge is 0.414 e. The molecule has 0 aromatic heterocycles. The van der Waals surface area contributed by atoms with E-state index in [1.807, 2.05) is 30.9 Å². The van der Waals surface area contributed by atoms with Crippen molar-refractivity contribution in [1.82, 2.24) is 4.90 Å². The minimum absolute atomic E-state index is 0.183. The van der Waals surface area contributed by atoms with Gasteiger partial charge in [-0.1, -0.05) is 24.6 Å². The highest BCUT2D eigenvalue weighted by Crippen LogP contribution is 2.29. The van der Waals surface area contributed by atoms with Crippen molar-refractivity contribution in [2.45, 2.75) is 26.4 Å². The van der Waals surface area contributed by atoms with Crippen molar-refractivity contribution in [2.75, 3.05) is 49.1 Å². The van der Waals surface area contributed by atoms with Gasteiger partial charge in [0, 0.05) is 26.2 Å². The molecule has 0 spiro atoms. The normalized spacial score (nSPS) is 18.1. The van der Waals surface area contributed by atoms with Crippen LogP contribution in [0.5, 0.6) is 0 Å². The van der Waals surface area contributed by atoms with Crippen LogP contribution in [0.3, 0.4) is 0 Å².